The van der Waals surface area contributed by atoms with Gasteiger partial charge in [0.05, 0.1) is 5.75 Å². The van der Waals surface area contributed by atoms with Crippen LogP contribution in [0.25, 0.3) is 0 Å². The van der Waals surface area contributed by atoms with Gasteiger partial charge in [-0.15, -0.1) is 0 Å². The molecule has 0 saturated carbocycles. The highest BCUT2D eigenvalue weighted by molar-refractivity contribution is 7.89. The molecule has 0 spiro atoms. The summed E-state index contributed by atoms with van der Waals surface area (Å²) in [6.45, 7) is 2.59. The van der Waals surface area contributed by atoms with Crippen LogP contribution >= 0.6 is 0 Å². The van der Waals surface area contributed by atoms with Gasteiger partial charge >= 0.3 is 0 Å². The molecule has 0 N–H and O–H groups in total. The van der Waals surface area contributed by atoms with E-state index in [1.165, 1.54) is 22.5 Å². The number of hydrogen-bond acceptors (Lipinski definition) is 3. The van der Waals surface area contributed by atoms with Gasteiger partial charge in [0.25, 0.3) is 0 Å². The van der Waals surface area contributed by atoms with E-state index in [1.54, 1.807) is 14.1 Å². The van der Waals surface area contributed by atoms with Crippen LogP contribution in [-0.4, -0.2) is 57.1 Å². The second kappa shape index (κ2) is 9.05. The third kappa shape index (κ3) is 6.01. The summed E-state index contributed by atoms with van der Waals surface area (Å²) in [6.07, 6.45) is 3.87. The van der Waals surface area contributed by atoms with Gasteiger partial charge in [0, 0.05) is 26.2 Å². The molecule has 4 nitrogen and oxygen atoms in total. The van der Waals surface area contributed by atoms with E-state index < -0.39 is 21.7 Å². The number of benzene rings is 1. The van der Waals surface area contributed by atoms with Gasteiger partial charge in [0.1, 0.15) is 11.6 Å². The van der Waals surface area contributed by atoms with Crippen LogP contribution in [0.3, 0.4) is 0 Å². The van der Waals surface area contributed by atoms with Gasteiger partial charge in [-0.3, -0.25) is 0 Å². The lowest BCUT2D eigenvalue weighted by Gasteiger charge is -2.33. The molecular formula is C18H28F2N2O2S. The molecule has 0 bridgehead atoms. The normalized spacial score (nSPS) is 19.5. The van der Waals surface area contributed by atoms with Crippen LogP contribution < -0.4 is 0 Å². The van der Waals surface area contributed by atoms with Crippen LogP contribution in [0.2, 0.25) is 0 Å². The molecule has 0 aliphatic carbocycles. The number of sulfonamides is 1. The van der Waals surface area contributed by atoms with E-state index in [0.717, 1.165) is 38.9 Å². The molecule has 25 heavy (non-hydrogen) atoms. The maximum Gasteiger partial charge on any atom is 0.213 e. The Labute approximate surface area is 149 Å². The summed E-state index contributed by atoms with van der Waals surface area (Å²) in [5, 5.41) is 0. The number of likely N-dealkylation sites (tertiary alicyclic amines) is 1. The van der Waals surface area contributed by atoms with E-state index in [2.05, 4.69) is 4.90 Å². The van der Waals surface area contributed by atoms with Crippen molar-refractivity contribution in [3.63, 3.8) is 0 Å². The molecule has 0 unspecified atom stereocenters. The fourth-order valence-electron chi connectivity index (χ4n) is 3.36. The smallest absolute Gasteiger partial charge is 0.213 e. The van der Waals surface area contributed by atoms with E-state index in [1.807, 2.05) is 0 Å². The van der Waals surface area contributed by atoms with E-state index >= 15 is 0 Å². The van der Waals surface area contributed by atoms with Crippen LogP contribution in [0.15, 0.2) is 18.2 Å². The zero-order chi connectivity index (χ0) is 18.4. The van der Waals surface area contributed by atoms with Gasteiger partial charge in [-0.05, 0) is 63.2 Å². The first kappa shape index (κ1) is 20.3. The molecule has 1 aromatic carbocycles. The first-order valence-corrected chi connectivity index (χ1v) is 10.5. The first-order chi connectivity index (χ1) is 11.8. The number of hydrogen-bond donors (Lipinski definition) is 0. The van der Waals surface area contributed by atoms with Crippen molar-refractivity contribution in [2.24, 2.45) is 5.92 Å². The maximum atomic E-state index is 13.7. The highest BCUT2D eigenvalue weighted by Gasteiger charge is 2.21. The molecule has 1 saturated heterocycles. The average molecular weight is 374 g/mol. The summed E-state index contributed by atoms with van der Waals surface area (Å²) in [5.41, 5.74) is 0.177. The lowest BCUT2D eigenvalue weighted by Crippen LogP contribution is -2.37. The molecule has 1 atom stereocenters. The predicted octanol–water partition coefficient (Wildman–Crippen LogP) is 2.89. The monoisotopic (exact) mass is 374 g/mol. The Balaban J connectivity index is 1.79. The molecule has 1 aliphatic rings. The molecule has 1 aliphatic heterocycles. The summed E-state index contributed by atoms with van der Waals surface area (Å²) < 4.78 is 52.3. The van der Waals surface area contributed by atoms with E-state index in [-0.39, 0.29) is 11.3 Å². The van der Waals surface area contributed by atoms with Crippen LogP contribution in [0.1, 0.15) is 31.2 Å². The summed E-state index contributed by atoms with van der Waals surface area (Å²) >= 11 is 0. The fourth-order valence-corrected chi connectivity index (χ4v) is 4.22. The fraction of sp³-hybridized carbons (Fsp3) is 0.667. The Morgan fingerprint density at radius 3 is 2.56 bits per heavy atom. The van der Waals surface area contributed by atoms with E-state index in [9.17, 15) is 17.2 Å². The van der Waals surface area contributed by atoms with Crippen molar-refractivity contribution in [2.75, 3.05) is 39.5 Å². The third-order valence-electron chi connectivity index (χ3n) is 4.90. The van der Waals surface area contributed by atoms with Crippen LogP contribution in [-0.2, 0) is 16.4 Å². The second-order valence-corrected chi connectivity index (χ2v) is 9.30. The van der Waals surface area contributed by atoms with Crippen molar-refractivity contribution < 1.29 is 17.2 Å². The van der Waals surface area contributed by atoms with Crippen LogP contribution in [0, 0.1) is 17.6 Å². The van der Waals surface area contributed by atoms with Gasteiger partial charge in [-0.2, -0.15) is 0 Å². The van der Waals surface area contributed by atoms with Crippen molar-refractivity contribution in [3.8, 4) is 0 Å². The molecule has 7 heteroatoms. The Kier molecular flexibility index (Phi) is 7.34. The first-order valence-electron chi connectivity index (χ1n) is 8.85. The summed E-state index contributed by atoms with van der Waals surface area (Å²) in [7, 11) is -0.0456. The molecule has 0 aromatic heterocycles. The lowest BCUT2D eigenvalue weighted by atomic mass is 9.91. The zero-order valence-corrected chi connectivity index (χ0v) is 15.9. The maximum absolute atomic E-state index is 13.7. The van der Waals surface area contributed by atoms with Crippen molar-refractivity contribution >= 4 is 10.0 Å². The van der Waals surface area contributed by atoms with Gasteiger partial charge in [-0.1, -0.05) is 6.07 Å². The largest absolute Gasteiger partial charge is 0.303 e. The van der Waals surface area contributed by atoms with Crippen LogP contribution in [0.4, 0.5) is 8.78 Å². The van der Waals surface area contributed by atoms with Crippen LogP contribution in [0.5, 0.6) is 0 Å². The van der Waals surface area contributed by atoms with Crippen molar-refractivity contribution in [1.29, 1.82) is 0 Å². The lowest BCUT2D eigenvalue weighted by molar-refractivity contribution is 0.169. The number of nitrogens with zero attached hydrogens (tertiary/aromatic N) is 2. The molecule has 0 amide bonds. The molecule has 142 valence electrons. The minimum Gasteiger partial charge on any atom is -0.303 e. The number of halogens is 2. The molecule has 1 aromatic rings. The molecule has 1 fully saturated rings. The predicted molar refractivity (Wildman–Crippen MR) is 95.9 cm³/mol. The Bertz CT molecular complexity index is 645. The minimum atomic E-state index is -3.14. The van der Waals surface area contributed by atoms with Crippen molar-refractivity contribution in [2.45, 2.75) is 32.1 Å². The molecule has 0 radical (unpaired) electrons. The highest BCUT2D eigenvalue weighted by Crippen LogP contribution is 2.23. The molecule has 2 rings (SSSR count). The Morgan fingerprint density at radius 1 is 1.24 bits per heavy atom. The highest BCUT2D eigenvalue weighted by atomic mass is 32.2. The molecular weight excluding hydrogens is 346 g/mol. The van der Waals surface area contributed by atoms with Crippen molar-refractivity contribution in [1.82, 2.24) is 9.21 Å². The number of piperidine rings is 1. The topological polar surface area (TPSA) is 40.6 Å². The second-order valence-electron chi connectivity index (χ2n) is 7.00. The van der Waals surface area contributed by atoms with Gasteiger partial charge in [0.2, 0.25) is 10.0 Å². The average Bonchev–Trinajstić information content (AvgIpc) is 2.54. The van der Waals surface area contributed by atoms with Crippen molar-refractivity contribution in [3.05, 3.63) is 35.4 Å². The van der Waals surface area contributed by atoms with Gasteiger partial charge < -0.3 is 4.90 Å². The summed E-state index contributed by atoms with van der Waals surface area (Å²) in [5.74, 6) is -0.386. The van der Waals surface area contributed by atoms with E-state index in [0.29, 0.717) is 18.8 Å². The third-order valence-corrected chi connectivity index (χ3v) is 6.82. The van der Waals surface area contributed by atoms with E-state index in [4.69, 9.17) is 0 Å². The minimum absolute atomic E-state index is 0.154. The number of rotatable bonds is 8. The quantitative estimate of drug-likeness (QED) is 0.703. The molecule has 1 heterocycles. The Morgan fingerprint density at radius 2 is 1.92 bits per heavy atom. The van der Waals surface area contributed by atoms with Gasteiger partial charge in [0.15, 0.2) is 0 Å². The standard InChI is InChI=1S/C18H28F2N2O2S/c1-21(2)25(23,24)13-5-12-22-11-4-6-15(14-22)9-10-16-17(19)7-3-8-18(16)20/h3,7-8,15H,4-6,9-14H2,1-2H3/t15-/m1/s1. The SMILES string of the molecule is CN(C)S(=O)(=O)CCCN1CCC[C@H](CCc2c(F)cccc2F)C1. The summed E-state index contributed by atoms with van der Waals surface area (Å²) in [6, 6.07) is 3.99. The zero-order valence-electron chi connectivity index (χ0n) is 15.0. The summed E-state index contributed by atoms with van der Waals surface area (Å²) in [4.78, 5) is 2.27. The van der Waals surface area contributed by atoms with Gasteiger partial charge in [-0.25, -0.2) is 21.5 Å². The Hall–Kier alpha value is -1.05.